The number of carbonyl (C=O) groups is 2. The predicted molar refractivity (Wildman–Crippen MR) is 109 cm³/mol. The number of nitrogens with one attached hydrogen (secondary N) is 2. The van der Waals surface area contributed by atoms with Gasteiger partial charge in [-0.3, -0.25) is 15.1 Å². The van der Waals surface area contributed by atoms with Crippen LogP contribution in [0.5, 0.6) is 5.75 Å². The number of carbonyl (C=O) groups excluding carboxylic acids is 2. The van der Waals surface area contributed by atoms with Crippen LogP contribution >= 0.6 is 34.8 Å². The Morgan fingerprint density at radius 2 is 1.70 bits per heavy atom. The number of halogens is 5. The number of urea groups is 1. The Morgan fingerprint density at radius 3 is 2.33 bits per heavy atom. The van der Waals surface area contributed by atoms with Crippen molar-refractivity contribution in [1.82, 2.24) is 10.3 Å². The summed E-state index contributed by atoms with van der Waals surface area (Å²) in [5.74, 6) is -4.12. The van der Waals surface area contributed by atoms with Gasteiger partial charge in [0, 0.05) is 11.8 Å². The number of benzene rings is 2. The summed E-state index contributed by atoms with van der Waals surface area (Å²) in [6, 6.07) is 5.79. The van der Waals surface area contributed by atoms with Crippen LogP contribution in [0.3, 0.4) is 0 Å². The lowest BCUT2D eigenvalue weighted by Crippen LogP contribution is -2.35. The quantitative estimate of drug-likeness (QED) is 0.429. The highest BCUT2D eigenvalue weighted by Crippen LogP contribution is 2.41. The van der Waals surface area contributed by atoms with Gasteiger partial charge in [-0.1, -0.05) is 40.9 Å². The number of imide groups is 1. The van der Waals surface area contributed by atoms with Crippen molar-refractivity contribution in [3.63, 3.8) is 0 Å². The molecule has 0 bridgehead atoms. The monoisotopic (exact) mass is 471 g/mol. The number of anilines is 1. The average molecular weight is 473 g/mol. The summed E-state index contributed by atoms with van der Waals surface area (Å²) in [4.78, 5) is 28.1. The first-order valence-corrected chi connectivity index (χ1v) is 9.21. The van der Waals surface area contributed by atoms with E-state index in [0.29, 0.717) is 5.02 Å². The Bertz CT molecular complexity index is 1150. The van der Waals surface area contributed by atoms with Crippen molar-refractivity contribution in [3.8, 4) is 17.0 Å². The maximum Gasteiger partial charge on any atom is 0.326 e. The fourth-order valence-electron chi connectivity index (χ4n) is 2.49. The Balaban J connectivity index is 1.81. The average Bonchev–Trinajstić information content (AvgIpc) is 2.66. The van der Waals surface area contributed by atoms with Gasteiger partial charge in [-0.05, 0) is 30.3 Å². The summed E-state index contributed by atoms with van der Waals surface area (Å²) < 4.78 is 27.3. The van der Waals surface area contributed by atoms with Crippen molar-refractivity contribution < 1.29 is 23.5 Å². The van der Waals surface area contributed by atoms with Gasteiger partial charge in [0.1, 0.15) is 17.2 Å². The lowest BCUT2D eigenvalue weighted by atomic mass is 10.1. The summed E-state index contributed by atoms with van der Waals surface area (Å²) in [5, 5.41) is 14.5. The third kappa shape index (κ3) is 4.46. The number of nitrogens with zero attached hydrogens (tertiary/aromatic N) is 1. The summed E-state index contributed by atoms with van der Waals surface area (Å²) in [5.41, 5.74) is -0.601. The second kappa shape index (κ2) is 8.83. The van der Waals surface area contributed by atoms with E-state index in [0.717, 1.165) is 18.2 Å². The number of hydrogen-bond donors (Lipinski definition) is 3. The van der Waals surface area contributed by atoms with Crippen LogP contribution in [0.1, 0.15) is 10.4 Å². The number of amides is 3. The number of rotatable bonds is 3. The first kappa shape index (κ1) is 21.8. The number of phenols is 1. The Kier molecular flexibility index (Phi) is 6.40. The minimum absolute atomic E-state index is 0.173. The van der Waals surface area contributed by atoms with Crippen molar-refractivity contribution in [3.05, 3.63) is 74.9 Å². The largest absolute Gasteiger partial charge is 0.504 e. The first-order chi connectivity index (χ1) is 14.2. The van der Waals surface area contributed by atoms with Gasteiger partial charge in [-0.15, -0.1) is 0 Å². The van der Waals surface area contributed by atoms with Crippen LogP contribution in [0.4, 0.5) is 19.3 Å². The fraction of sp³-hybridized carbons (Fsp3) is 0. The smallest absolute Gasteiger partial charge is 0.326 e. The van der Waals surface area contributed by atoms with Gasteiger partial charge >= 0.3 is 6.03 Å². The molecule has 0 unspecified atom stereocenters. The van der Waals surface area contributed by atoms with Crippen LogP contribution in [0.2, 0.25) is 15.1 Å². The molecule has 2 aromatic carbocycles. The molecule has 3 amide bonds. The molecule has 0 saturated heterocycles. The number of aromatic nitrogens is 1. The molecule has 11 heteroatoms. The zero-order valence-electron chi connectivity index (χ0n) is 14.6. The Hall–Kier alpha value is -2.94. The molecule has 0 aliphatic rings. The lowest BCUT2D eigenvalue weighted by molar-refractivity contribution is 0.0959. The first-order valence-electron chi connectivity index (χ1n) is 8.08. The maximum absolute atomic E-state index is 13.6. The van der Waals surface area contributed by atoms with Gasteiger partial charge in [0.25, 0.3) is 5.91 Å². The number of pyridine rings is 1. The molecule has 3 N–H and O–H groups in total. The molecule has 1 heterocycles. The maximum atomic E-state index is 13.6. The molecule has 3 rings (SSSR count). The summed E-state index contributed by atoms with van der Waals surface area (Å²) in [6.07, 6.45) is 1.34. The summed E-state index contributed by atoms with van der Waals surface area (Å²) in [7, 11) is 0. The molecule has 0 radical (unpaired) electrons. The molecule has 0 aliphatic carbocycles. The molecule has 3 aromatic rings. The molecule has 154 valence electrons. The van der Waals surface area contributed by atoms with Gasteiger partial charge < -0.3 is 10.4 Å². The number of phenolic OH excluding ortho intramolecular Hbond substituents is 1. The van der Waals surface area contributed by atoms with Crippen LogP contribution < -0.4 is 10.6 Å². The number of aromatic hydroxyl groups is 1. The minimum atomic E-state index is -1.30. The number of hydrogen-bond acceptors (Lipinski definition) is 4. The molecule has 0 fully saturated rings. The van der Waals surface area contributed by atoms with E-state index in [1.165, 1.54) is 24.4 Å². The van der Waals surface area contributed by atoms with Gasteiger partial charge in [-0.2, -0.15) is 0 Å². The SMILES string of the molecule is O=C(NC(=O)c1c(F)cccc1F)Nc1ccc(-c2ncc(Cl)cc2Cl)c(Cl)c1O. The molecule has 30 heavy (non-hydrogen) atoms. The van der Waals surface area contributed by atoms with E-state index in [4.69, 9.17) is 34.8 Å². The van der Waals surface area contributed by atoms with E-state index in [-0.39, 0.29) is 27.0 Å². The lowest BCUT2D eigenvalue weighted by Gasteiger charge is -2.13. The summed E-state index contributed by atoms with van der Waals surface area (Å²) >= 11 is 18.0. The highest BCUT2D eigenvalue weighted by atomic mass is 35.5. The molecule has 1 aromatic heterocycles. The van der Waals surface area contributed by atoms with E-state index >= 15 is 0 Å². The van der Waals surface area contributed by atoms with Gasteiger partial charge in [0.15, 0.2) is 5.75 Å². The molecular formula is C19H10Cl3F2N3O3. The van der Waals surface area contributed by atoms with E-state index in [2.05, 4.69) is 10.3 Å². The Labute approximate surface area is 183 Å². The normalized spacial score (nSPS) is 10.6. The topological polar surface area (TPSA) is 91.3 Å². The highest BCUT2D eigenvalue weighted by molar-refractivity contribution is 6.38. The van der Waals surface area contributed by atoms with Crippen molar-refractivity contribution in [2.24, 2.45) is 0 Å². The molecular weight excluding hydrogens is 463 g/mol. The molecule has 0 spiro atoms. The third-order valence-electron chi connectivity index (χ3n) is 3.84. The van der Waals surface area contributed by atoms with E-state index in [1.54, 1.807) is 5.32 Å². The van der Waals surface area contributed by atoms with Crippen molar-refractivity contribution in [2.75, 3.05) is 5.32 Å². The van der Waals surface area contributed by atoms with E-state index in [9.17, 15) is 23.5 Å². The van der Waals surface area contributed by atoms with Gasteiger partial charge in [0.2, 0.25) is 0 Å². The van der Waals surface area contributed by atoms with E-state index < -0.39 is 34.9 Å². The van der Waals surface area contributed by atoms with Crippen LogP contribution in [-0.4, -0.2) is 22.0 Å². The van der Waals surface area contributed by atoms with Crippen molar-refractivity contribution >= 4 is 52.4 Å². The van der Waals surface area contributed by atoms with E-state index in [1.807, 2.05) is 0 Å². The van der Waals surface area contributed by atoms with Crippen LogP contribution in [0.25, 0.3) is 11.3 Å². The fourth-order valence-corrected chi connectivity index (χ4v) is 3.23. The minimum Gasteiger partial charge on any atom is -0.504 e. The zero-order valence-corrected chi connectivity index (χ0v) is 16.9. The second-order valence-electron chi connectivity index (χ2n) is 5.81. The molecule has 6 nitrogen and oxygen atoms in total. The molecule has 0 aliphatic heterocycles. The van der Waals surface area contributed by atoms with Crippen LogP contribution in [0, 0.1) is 11.6 Å². The Morgan fingerprint density at radius 1 is 1.03 bits per heavy atom. The highest BCUT2D eigenvalue weighted by Gasteiger charge is 2.21. The molecule has 0 saturated carbocycles. The van der Waals surface area contributed by atoms with Crippen LogP contribution in [0.15, 0.2) is 42.6 Å². The third-order valence-corrected chi connectivity index (χ3v) is 4.72. The predicted octanol–water partition coefficient (Wildman–Crippen LogP) is 5.65. The molecule has 0 atom stereocenters. The zero-order chi connectivity index (χ0) is 22.0. The van der Waals surface area contributed by atoms with Gasteiger partial charge in [0.05, 0.1) is 26.4 Å². The standard InChI is InChI=1S/C19H10Cl3F2N3O3/c20-8-6-10(21)16(25-7-8)9-4-5-13(17(28)15(9)22)26-19(30)27-18(29)14-11(23)2-1-3-12(14)24/h1-7,28H,(H2,26,27,29,30). The van der Waals surface area contributed by atoms with Crippen LogP contribution in [-0.2, 0) is 0 Å². The second-order valence-corrected chi connectivity index (χ2v) is 7.03. The summed E-state index contributed by atoms with van der Waals surface area (Å²) in [6.45, 7) is 0. The van der Waals surface area contributed by atoms with Gasteiger partial charge in [-0.25, -0.2) is 13.6 Å². The van der Waals surface area contributed by atoms with Crippen molar-refractivity contribution in [1.29, 1.82) is 0 Å². The van der Waals surface area contributed by atoms with Crippen molar-refractivity contribution in [2.45, 2.75) is 0 Å².